The van der Waals surface area contributed by atoms with Crippen molar-refractivity contribution in [2.24, 2.45) is 0 Å². The molecule has 20 heavy (non-hydrogen) atoms. The van der Waals surface area contributed by atoms with Gasteiger partial charge in [0, 0.05) is 18.4 Å². The summed E-state index contributed by atoms with van der Waals surface area (Å²) < 4.78 is 40.6. The highest BCUT2D eigenvalue weighted by Crippen LogP contribution is 2.24. The maximum Gasteiger partial charge on any atom is 0.389 e. The summed E-state index contributed by atoms with van der Waals surface area (Å²) in [6.07, 6.45) is -3.83. The Balaban J connectivity index is 2.53. The van der Waals surface area contributed by atoms with Crippen molar-refractivity contribution in [2.75, 3.05) is 18.1 Å². The van der Waals surface area contributed by atoms with E-state index in [1.54, 1.807) is 6.92 Å². The summed E-state index contributed by atoms with van der Waals surface area (Å²) in [6.45, 7) is 1.85. The van der Waals surface area contributed by atoms with Crippen LogP contribution in [0.2, 0.25) is 0 Å². The van der Waals surface area contributed by atoms with Gasteiger partial charge in [-0.3, -0.25) is 0 Å². The fraction of sp³-hybridized carbons (Fsp3) is 0.545. The molecule has 1 aromatic rings. The molecule has 0 aliphatic rings. The zero-order valence-corrected chi connectivity index (χ0v) is 11.6. The molecule has 0 saturated carbocycles. The Hall–Kier alpha value is -1.51. The van der Waals surface area contributed by atoms with E-state index in [1.165, 1.54) is 6.20 Å². The molecule has 0 radical (unpaired) electrons. The molecule has 0 amide bonds. The van der Waals surface area contributed by atoms with Crippen LogP contribution in [0.5, 0.6) is 0 Å². The lowest BCUT2D eigenvalue weighted by atomic mass is 10.3. The van der Waals surface area contributed by atoms with Crippen molar-refractivity contribution in [2.45, 2.75) is 31.1 Å². The van der Waals surface area contributed by atoms with Crippen LogP contribution in [0.15, 0.2) is 11.4 Å². The predicted molar refractivity (Wildman–Crippen MR) is 68.4 cm³/mol. The van der Waals surface area contributed by atoms with Crippen LogP contribution in [0.1, 0.15) is 30.1 Å². The molecule has 112 valence electrons. The second-order valence-corrected chi connectivity index (χ2v) is 4.80. The monoisotopic (exact) mass is 309 g/mol. The van der Waals surface area contributed by atoms with Gasteiger partial charge in [-0.15, -0.1) is 0 Å². The molecule has 5 nitrogen and oxygen atoms in total. The van der Waals surface area contributed by atoms with Gasteiger partial charge < -0.3 is 10.5 Å². The molecule has 0 saturated heterocycles. The van der Waals surface area contributed by atoms with Crippen LogP contribution in [0.25, 0.3) is 0 Å². The van der Waals surface area contributed by atoms with E-state index >= 15 is 0 Å². The largest absolute Gasteiger partial charge is 0.462 e. The van der Waals surface area contributed by atoms with Gasteiger partial charge in [0.05, 0.1) is 6.61 Å². The van der Waals surface area contributed by atoms with E-state index in [2.05, 4.69) is 9.97 Å². The van der Waals surface area contributed by atoms with Crippen LogP contribution in [-0.2, 0) is 4.74 Å². The fourth-order valence-electron chi connectivity index (χ4n) is 1.25. The van der Waals surface area contributed by atoms with Gasteiger partial charge in [0.2, 0.25) is 0 Å². The number of nitrogens with zero attached hydrogens (tertiary/aromatic N) is 2. The molecule has 0 aliphatic carbocycles. The van der Waals surface area contributed by atoms with Crippen LogP contribution in [0.4, 0.5) is 19.0 Å². The number of carbonyl (C=O) groups excluding carboxylic acids is 1. The maximum atomic E-state index is 11.9. The number of hydrogen-bond donors (Lipinski definition) is 1. The number of alkyl halides is 3. The number of thioether (sulfide) groups is 1. The molecule has 0 bridgehead atoms. The summed E-state index contributed by atoms with van der Waals surface area (Å²) in [5.74, 6) is -0.451. The average molecular weight is 309 g/mol. The van der Waals surface area contributed by atoms with E-state index in [0.29, 0.717) is 0 Å². The summed E-state index contributed by atoms with van der Waals surface area (Å²) >= 11 is 1.05. The molecule has 1 heterocycles. The first-order chi connectivity index (χ1) is 9.33. The molecule has 0 fully saturated rings. The molecule has 9 heteroatoms. The molecule has 1 aromatic heterocycles. The highest BCUT2D eigenvalue weighted by molar-refractivity contribution is 7.99. The van der Waals surface area contributed by atoms with Gasteiger partial charge in [-0.2, -0.15) is 13.2 Å². The van der Waals surface area contributed by atoms with Crippen molar-refractivity contribution in [1.82, 2.24) is 9.97 Å². The van der Waals surface area contributed by atoms with Crippen LogP contribution in [0.3, 0.4) is 0 Å². The third-order valence-corrected chi connectivity index (χ3v) is 3.07. The van der Waals surface area contributed by atoms with Gasteiger partial charge in [-0.25, -0.2) is 14.8 Å². The number of nitrogens with two attached hydrogens (primary N) is 1. The quantitative estimate of drug-likeness (QED) is 0.377. The number of aromatic nitrogens is 2. The zero-order valence-electron chi connectivity index (χ0n) is 10.7. The third-order valence-electron chi connectivity index (χ3n) is 2.13. The van der Waals surface area contributed by atoms with Gasteiger partial charge >= 0.3 is 12.1 Å². The average Bonchev–Trinajstić information content (AvgIpc) is 2.34. The van der Waals surface area contributed by atoms with Crippen molar-refractivity contribution in [3.8, 4) is 0 Å². The van der Waals surface area contributed by atoms with E-state index in [-0.39, 0.29) is 35.3 Å². The number of esters is 1. The maximum absolute atomic E-state index is 11.9. The number of halogens is 3. The van der Waals surface area contributed by atoms with Crippen LogP contribution in [-0.4, -0.2) is 34.5 Å². The number of hydrogen-bond acceptors (Lipinski definition) is 6. The molecule has 0 aliphatic heterocycles. The summed E-state index contributed by atoms with van der Waals surface area (Å²) in [6, 6.07) is 0. The van der Waals surface area contributed by atoms with Gasteiger partial charge in [0.25, 0.3) is 0 Å². The van der Waals surface area contributed by atoms with Gasteiger partial charge in [-0.05, 0) is 13.3 Å². The lowest BCUT2D eigenvalue weighted by Crippen LogP contribution is -2.11. The van der Waals surface area contributed by atoms with Crippen LogP contribution >= 0.6 is 11.8 Å². The molecule has 0 spiro atoms. The van der Waals surface area contributed by atoms with E-state index < -0.39 is 18.6 Å². The second kappa shape index (κ2) is 7.32. The van der Waals surface area contributed by atoms with Crippen molar-refractivity contribution >= 4 is 23.5 Å². The van der Waals surface area contributed by atoms with Crippen LogP contribution in [0, 0.1) is 0 Å². The second-order valence-electron chi connectivity index (χ2n) is 3.74. The Morgan fingerprint density at radius 1 is 1.50 bits per heavy atom. The SMILES string of the molecule is CCOC(=O)c1cnc(SCCCC(F)(F)F)nc1N. The topological polar surface area (TPSA) is 78.1 Å². The molecule has 0 atom stereocenters. The Morgan fingerprint density at radius 2 is 2.20 bits per heavy atom. The Morgan fingerprint density at radius 3 is 2.75 bits per heavy atom. The van der Waals surface area contributed by atoms with Crippen molar-refractivity contribution in [1.29, 1.82) is 0 Å². The number of anilines is 1. The first kappa shape index (κ1) is 16.5. The molecule has 0 unspecified atom stereocenters. The first-order valence-electron chi connectivity index (χ1n) is 5.82. The lowest BCUT2D eigenvalue weighted by molar-refractivity contribution is -0.134. The van der Waals surface area contributed by atoms with Crippen molar-refractivity contribution in [3.05, 3.63) is 11.8 Å². The number of ether oxygens (including phenoxy) is 1. The summed E-state index contributed by atoms with van der Waals surface area (Å²) in [7, 11) is 0. The van der Waals surface area contributed by atoms with Crippen molar-refractivity contribution in [3.63, 3.8) is 0 Å². The highest BCUT2D eigenvalue weighted by Gasteiger charge is 2.26. The summed E-state index contributed by atoms with van der Waals surface area (Å²) in [4.78, 5) is 19.2. The Kier molecular flexibility index (Phi) is 6.05. The highest BCUT2D eigenvalue weighted by atomic mass is 32.2. The van der Waals surface area contributed by atoms with E-state index in [0.717, 1.165) is 11.8 Å². The minimum atomic E-state index is -4.16. The van der Waals surface area contributed by atoms with Gasteiger partial charge in [-0.1, -0.05) is 11.8 Å². The van der Waals surface area contributed by atoms with E-state index in [4.69, 9.17) is 10.5 Å². The van der Waals surface area contributed by atoms with Gasteiger partial charge in [0.1, 0.15) is 11.4 Å². The number of carbonyl (C=O) groups is 1. The normalized spacial score (nSPS) is 11.4. The number of rotatable bonds is 6. The van der Waals surface area contributed by atoms with Crippen LogP contribution < -0.4 is 5.73 Å². The predicted octanol–water partition coefficient (Wildman–Crippen LogP) is 2.67. The number of nitrogen functional groups attached to an aromatic ring is 1. The van der Waals surface area contributed by atoms with E-state index in [1.807, 2.05) is 0 Å². The Bertz CT molecular complexity index is 469. The summed E-state index contributed by atoms with van der Waals surface area (Å²) in [5, 5.41) is 0.234. The first-order valence-corrected chi connectivity index (χ1v) is 6.81. The molecule has 0 aromatic carbocycles. The smallest absolute Gasteiger partial charge is 0.389 e. The minimum absolute atomic E-state index is 0.0307. The molecular formula is C11H14F3N3O2S. The molecular weight excluding hydrogens is 295 g/mol. The fourth-order valence-corrected chi connectivity index (χ4v) is 2.01. The van der Waals surface area contributed by atoms with Crippen molar-refractivity contribution < 1.29 is 22.7 Å². The Labute approximate surface area is 118 Å². The minimum Gasteiger partial charge on any atom is -0.462 e. The zero-order chi connectivity index (χ0) is 15.2. The van der Waals surface area contributed by atoms with Gasteiger partial charge in [0.15, 0.2) is 5.16 Å². The standard InChI is InChI=1S/C11H14F3N3O2S/c1-2-19-9(18)7-6-16-10(17-8(7)15)20-5-3-4-11(12,13)14/h6H,2-5H2,1H3,(H2,15,16,17). The lowest BCUT2D eigenvalue weighted by Gasteiger charge is -2.07. The van der Waals surface area contributed by atoms with E-state index in [9.17, 15) is 18.0 Å². The summed E-state index contributed by atoms with van der Waals surface area (Å²) in [5.41, 5.74) is 5.63. The third kappa shape index (κ3) is 5.64. The molecule has 2 N–H and O–H groups in total. The molecule has 1 rings (SSSR count).